The highest BCUT2D eigenvalue weighted by Gasteiger charge is 2.16. The maximum Gasteiger partial charge on any atom is 0.341 e. The first-order valence-electron chi connectivity index (χ1n) is 8.65. The van der Waals surface area contributed by atoms with Crippen LogP contribution in [0.1, 0.15) is 16.8 Å². The quantitative estimate of drug-likeness (QED) is 0.407. The van der Waals surface area contributed by atoms with Gasteiger partial charge in [-0.05, 0) is 25.1 Å². The third-order valence-electron chi connectivity index (χ3n) is 4.01. The molecule has 148 valence electrons. The molecule has 3 rings (SSSR count). The molecule has 0 aliphatic heterocycles. The van der Waals surface area contributed by atoms with E-state index in [1.165, 1.54) is 10.7 Å². The van der Waals surface area contributed by atoms with Gasteiger partial charge in [0.05, 0.1) is 25.6 Å². The summed E-state index contributed by atoms with van der Waals surface area (Å²) < 4.78 is 12.5. The van der Waals surface area contributed by atoms with Gasteiger partial charge in [0.2, 0.25) is 0 Å². The molecule has 5 N–H and O–H groups in total. The van der Waals surface area contributed by atoms with Crippen LogP contribution in [-0.2, 0) is 0 Å². The molecule has 0 spiro atoms. The number of nitrogens with two attached hydrogens (primary N) is 1. The van der Waals surface area contributed by atoms with E-state index in [0.717, 1.165) is 6.42 Å². The second-order valence-corrected chi connectivity index (χ2v) is 5.85. The second-order valence-electron chi connectivity index (χ2n) is 5.85. The third kappa shape index (κ3) is 3.91. The van der Waals surface area contributed by atoms with Gasteiger partial charge in [0.25, 0.3) is 0 Å². The Hall–Kier alpha value is -3.53. The van der Waals surface area contributed by atoms with Gasteiger partial charge >= 0.3 is 5.97 Å². The van der Waals surface area contributed by atoms with Crippen molar-refractivity contribution in [3.05, 3.63) is 36.0 Å². The zero-order valence-electron chi connectivity index (χ0n) is 15.6. The van der Waals surface area contributed by atoms with E-state index in [0.29, 0.717) is 42.0 Å². The molecule has 2 heterocycles. The lowest BCUT2D eigenvalue weighted by Gasteiger charge is -2.14. The highest BCUT2D eigenvalue weighted by Crippen LogP contribution is 2.32. The third-order valence-corrected chi connectivity index (χ3v) is 4.01. The largest absolute Gasteiger partial charge is 0.495 e. The summed E-state index contributed by atoms with van der Waals surface area (Å²) in [6.45, 7) is 1.06. The number of hydrogen-bond donors (Lipinski definition) is 4. The minimum atomic E-state index is -1.10. The second kappa shape index (κ2) is 8.44. The van der Waals surface area contributed by atoms with Gasteiger partial charge in [0.1, 0.15) is 28.7 Å². The topological polar surface area (TPSA) is 136 Å². The molecule has 0 aliphatic carbocycles. The Bertz CT molecular complexity index is 988. The molecule has 0 bridgehead atoms. The summed E-state index contributed by atoms with van der Waals surface area (Å²) >= 11 is 0. The van der Waals surface area contributed by atoms with Crippen LogP contribution in [0.25, 0.3) is 5.65 Å². The number of carboxylic acids is 1. The number of hydrogen-bond acceptors (Lipinski definition) is 8. The van der Waals surface area contributed by atoms with E-state index < -0.39 is 5.97 Å². The SMILES string of the molecule is CNc1cc(Nc2cc(OCCCN)ccc2OC)nc2c(C(=O)O)cnn12. The molecule has 0 aliphatic rings. The summed E-state index contributed by atoms with van der Waals surface area (Å²) in [4.78, 5) is 15.8. The number of nitrogens with zero attached hydrogens (tertiary/aromatic N) is 3. The average molecular weight is 386 g/mol. The lowest BCUT2D eigenvalue weighted by atomic mass is 10.2. The Morgan fingerprint density at radius 3 is 2.86 bits per heavy atom. The number of benzene rings is 1. The van der Waals surface area contributed by atoms with Gasteiger partial charge in [-0.2, -0.15) is 9.61 Å². The maximum absolute atomic E-state index is 11.4. The van der Waals surface area contributed by atoms with Crippen molar-refractivity contribution in [3.63, 3.8) is 0 Å². The van der Waals surface area contributed by atoms with Gasteiger partial charge in [-0.15, -0.1) is 0 Å². The van der Waals surface area contributed by atoms with Crippen LogP contribution >= 0.6 is 0 Å². The van der Waals surface area contributed by atoms with Crippen molar-refractivity contribution in [2.24, 2.45) is 5.73 Å². The van der Waals surface area contributed by atoms with Crippen LogP contribution in [0, 0.1) is 0 Å². The standard InChI is InChI=1S/C18H22N6O4/c1-20-16-9-15(23-17-12(18(25)26)10-21-24(16)17)22-13-8-11(28-7-3-6-19)4-5-14(13)27-2/h4-5,8-10,20H,3,6-7,19H2,1-2H3,(H,22,23)(H,25,26). The van der Waals surface area contributed by atoms with Crippen molar-refractivity contribution in [1.82, 2.24) is 14.6 Å². The summed E-state index contributed by atoms with van der Waals surface area (Å²) in [7, 11) is 3.28. The monoisotopic (exact) mass is 386 g/mol. The zero-order chi connectivity index (χ0) is 20.1. The maximum atomic E-state index is 11.4. The molecule has 3 aromatic rings. The number of aromatic nitrogens is 3. The van der Waals surface area contributed by atoms with Crippen molar-refractivity contribution in [3.8, 4) is 11.5 Å². The molecule has 0 saturated carbocycles. The van der Waals surface area contributed by atoms with Crippen LogP contribution < -0.4 is 25.8 Å². The van der Waals surface area contributed by atoms with Gasteiger partial charge in [0.15, 0.2) is 5.65 Å². The molecule has 1 aromatic carbocycles. The summed E-state index contributed by atoms with van der Waals surface area (Å²) in [6, 6.07) is 7.08. The number of fused-ring (bicyclic) bond motifs is 1. The van der Waals surface area contributed by atoms with Crippen molar-refractivity contribution in [2.75, 3.05) is 37.9 Å². The molecule has 2 aromatic heterocycles. The molecular weight excluding hydrogens is 364 g/mol. The van der Waals surface area contributed by atoms with Crippen LogP contribution in [0.3, 0.4) is 0 Å². The van der Waals surface area contributed by atoms with E-state index in [2.05, 4.69) is 20.7 Å². The number of methoxy groups -OCH3 is 1. The lowest BCUT2D eigenvalue weighted by molar-refractivity contribution is 0.0699. The van der Waals surface area contributed by atoms with E-state index >= 15 is 0 Å². The van der Waals surface area contributed by atoms with Crippen LogP contribution in [0.5, 0.6) is 11.5 Å². The molecule has 0 unspecified atom stereocenters. The molecule has 28 heavy (non-hydrogen) atoms. The van der Waals surface area contributed by atoms with Gasteiger partial charge in [-0.1, -0.05) is 0 Å². The van der Waals surface area contributed by atoms with E-state index in [1.54, 1.807) is 38.4 Å². The Morgan fingerprint density at radius 2 is 2.18 bits per heavy atom. The Kier molecular flexibility index (Phi) is 5.80. The van der Waals surface area contributed by atoms with Gasteiger partial charge in [-0.25, -0.2) is 9.78 Å². The van der Waals surface area contributed by atoms with Gasteiger partial charge in [0, 0.05) is 19.2 Å². The first-order valence-corrected chi connectivity index (χ1v) is 8.65. The van der Waals surface area contributed by atoms with Crippen molar-refractivity contribution in [1.29, 1.82) is 0 Å². The van der Waals surface area contributed by atoms with E-state index in [-0.39, 0.29) is 11.2 Å². The van der Waals surface area contributed by atoms with E-state index in [9.17, 15) is 9.90 Å². The number of carboxylic acid groups (broad SMARTS) is 1. The van der Waals surface area contributed by atoms with Crippen molar-refractivity contribution in [2.45, 2.75) is 6.42 Å². The average Bonchev–Trinajstić information content (AvgIpc) is 3.12. The van der Waals surface area contributed by atoms with Crippen LogP contribution in [-0.4, -0.2) is 53.0 Å². The first-order chi connectivity index (χ1) is 13.6. The highest BCUT2D eigenvalue weighted by atomic mass is 16.5. The smallest absolute Gasteiger partial charge is 0.341 e. The predicted molar refractivity (Wildman–Crippen MR) is 105 cm³/mol. The number of ether oxygens (including phenoxy) is 2. The fraction of sp³-hybridized carbons (Fsp3) is 0.278. The van der Waals surface area contributed by atoms with Crippen molar-refractivity contribution < 1.29 is 19.4 Å². The molecule has 10 nitrogen and oxygen atoms in total. The molecule has 0 radical (unpaired) electrons. The van der Waals surface area contributed by atoms with Crippen molar-refractivity contribution >= 4 is 28.9 Å². The van der Waals surface area contributed by atoms with Gasteiger partial charge in [-0.3, -0.25) is 0 Å². The predicted octanol–water partition coefficient (Wildman–Crippen LogP) is 1.95. The van der Waals surface area contributed by atoms with Crippen LogP contribution in [0.15, 0.2) is 30.5 Å². The Labute approximate surface area is 161 Å². The minimum Gasteiger partial charge on any atom is -0.495 e. The molecule has 0 saturated heterocycles. The van der Waals surface area contributed by atoms with Gasteiger partial charge < -0.3 is 30.9 Å². The van der Waals surface area contributed by atoms with Crippen LogP contribution in [0.2, 0.25) is 0 Å². The van der Waals surface area contributed by atoms with E-state index in [4.69, 9.17) is 15.2 Å². The zero-order valence-corrected chi connectivity index (χ0v) is 15.6. The normalized spacial score (nSPS) is 10.7. The number of nitrogens with one attached hydrogen (secondary N) is 2. The fourth-order valence-corrected chi connectivity index (χ4v) is 2.64. The number of rotatable bonds is 9. The number of anilines is 3. The molecule has 0 atom stereocenters. The molecule has 10 heteroatoms. The summed E-state index contributed by atoms with van der Waals surface area (Å²) in [5, 5.41) is 19.6. The lowest BCUT2D eigenvalue weighted by Crippen LogP contribution is -2.07. The molecule has 0 amide bonds. The first kappa shape index (κ1) is 19.2. The minimum absolute atomic E-state index is 0.00554. The van der Waals surface area contributed by atoms with E-state index in [1.807, 2.05) is 0 Å². The highest BCUT2D eigenvalue weighted by molar-refractivity contribution is 5.94. The Morgan fingerprint density at radius 1 is 1.36 bits per heavy atom. The Balaban J connectivity index is 1.98. The molecular formula is C18H22N6O4. The summed E-state index contributed by atoms with van der Waals surface area (Å²) in [5.74, 6) is 1.15. The summed E-state index contributed by atoms with van der Waals surface area (Å²) in [5.41, 5.74) is 6.34. The number of carbonyl (C=O) groups is 1. The van der Waals surface area contributed by atoms with Crippen LogP contribution in [0.4, 0.5) is 17.3 Å². The fourth-order valence-electron chi connectivity index (χ4n) is 2.64. The number of aromatic carboxylic acids is 1. The molecule has 0 fully saturated rings. The summed E-state index contributed by atoms with van der Waals surface area (Å²) in [6.07, 6.45) is 2.01.